The van der Waals surface area contributed by atoms with Crippen molar-refractivity contribution in [3.8, 4) is 0 Å². The highest BCUT2D eigenvalue weighted by Crippen LogP contribution is 2.42. The smallest absolute Gasteiger partial charge is 0.338 e. The van der Waals surface area contributed by atoms with Crippen LogP contribution in [-0.2, 0) is 18.3 Å². The van der Waals surface area contributed by atoms with E-state index in [-0.39, 0.29) is 46.8 Å². The fraction of sp³-hybridized carbons (Fsp3) is 0.523. The van der Waals surface area contributed by atoms with Gasteiger partial charge in [0, 0.05) is 13.0 Å². The second-order valence-electron chi connectivity index (χ2n) is 17.3. The molecule has 0 bridgehead atoms. The number of hydrogen-bond donors (Lipinski definition) is 1. The molecular weight excluding hydrogens is 681 g/mol. The number of carbonyl (C=O) groups is 1. The summed E-state index contributed by atoms with van der Waals surface area (Å²) in [4.78, 5) is 12.7. The monoisotopic (exact) mass is 744 g/mol. The van der Waals surface area contributed by atoms with Gasteiger partial charge in [-0.15, -0.1) is 0 Å². The van der Waals surface area contributed by atoms with Gasteiger partial charge in [0.05, 0.1) is 30.0 Å². The second kappa shape index (κ2) is 17.5. The van der Waals surface area contributed by atoms with Gasteiger partial charge in [0.1, 0.15) is 6.61 Å². The summed E-state index contributed by atoms with van der Waals surface area (Å²) in [6.07, 6.45) is 3.64. The number of benzene rings is 3. The van der Waals surface area contributed by atoms with Crippen molar-refractivity contribution in [3.63, 3.8) is 0 Å². The molecule has 0 saturated heterocycles. The minimum absolute atomic E-state index is 0.0204. The fourth-order valence-corrected chi connectivity index (χ4v) is 13.5. The normalized spacial score (nSPS) is 20.9. The molecule has 1 fully saturated rings. The minimum atomic E-state index is -2.75. The van der Waals surface area contributed by atoms with Gasteiger partial charge in [-0.3, -0.25) is 0 Å². The van der Waals surface area contributed by atoms with Crippen LogP contribution in [0.15, 0.2) is 103 Å². The Morgan fingerprint density at radius 1 is 0.827 bits per heavy atom. The van der Waals surface area contributed by atoms with E-state index in [0.29, 0.717) is 5.56 Å². The topological polar surface area (TPSA) is 74.2 Å². The van der Waals surface area contributed by atoms with E-state index in [9.17, 15) is 9.90 Å². The van der Waals surface area contributed by atoms with Crippen molar-refractivity contribution in [3.05, 3.63) is 108 Å². The summed E-state index contributed by atoms with van der Waals surface area (Å²) in [6.45, 7) is 22.2. The third kappa shape index (κ3) is 9.81. The third-order valence-corrected chi connectivity index (χ3v) is 21.0. The van der Waals surface area contributed by atoms with E-state index in [1.807, 2.05) is 20.1 Å². The van der Waals surface area contributed by atoms with Gasteiger partial charge < -0.3 is 23.4 Å². The van der Waals surface area contributed by atoms with Gasteiger partial charge in [0.15, 0.2) is 8.32 Å². The van der Waals surface area contributed by atoms with E-state index in [2.05, 4.69) is 128 Å². The molecule has 1 aliphatic rings. The van der Waals surface area contributed by atoms with Crippen LogP contribution in [0.3, 0.4) is 0 Å². The Morgan fingerprint density at radius 2 is 1.35 bits per heavy atom. The summed E-state index contributed by atoms with van der Waals surface area (Å²) in [5, 5.41) is 13.8. The molecule has 0 radical (unpaired) electrons. The van der Waals surface area contributed by atoms with Gasteiger partial charge in [-0.1, -0.05) is 133 Å². The summed E-state index contributed by atoms with van der Waals surface area (Å²) in [5.41, 5.74) is 1.56. The first-order chi connectivity index (χ1) is 24.4. The van der Waals surface area contributed by atoms with E-state index < -0.39 is 28.7 Å². The molecule has 0 aliphatic heterocycles. The molecule has 1 N–H and O–H groups in total. The molecule has 3 aromatic carbocycles. The predicted octanol–water partition coefficient (Wildman–Crippen LogP) is 8.94. The van der Waals surface area contributed by atoms with Crippen molar-refractivity contribution < 1.29 is 28.2 Å². The maximum atomic E-state index is 12.7. The van der Waals surface area contributed by atoms with Crippen LogP contribution in [0, 0.1) is 11.8 Å². The number of methoxy groups -OCH3 is 1. The first-order valence-electron chi connectivity index (χ1n) is 19.0. The zero-order chi connectivity index (χ0) is 38.3. The first kappa shape index (κ1) is 41.9. The lowest BCUT2D eigenvalue weighted by molar-refractivity contribution is -0.0370. The molecule has 0 aromatic heterocycles. The van der Waals surface area contributed by atoms with Gasteiger partial charge in [-0.05, 0) is 83.4 Å². The van der Waals surface area contributed by atoms with Gasteiger partial charge in [0.2, 0.25) is 0 Å². The molecule has 6 nitrogen and oxygen atoms in total. The Hall–Kier alpha value is -2.86. The van der Waals surface area contributed by atoms with Gasteiger partial charge >= 0.3 is 5.97 Å². The zero-order valence-electron chi connectivity index (χ0n) is 33.5. The number of aliphatic hydroxyl groups is 1. The van der Waals surface area contributed by atoms with Crippen molar-refractivity contribution in [1.29, 1.82) is 0 Å². The molecule has 4 rings (SSSR count). The molecule has 0 amide bonds. The SMILES string of the molecule is CO[C@@H]1C[C@H](/C=C(\C)[C@@H](O[Si](C)(C)C(C)(C)C)[C@H](C)[C@H](O)COC(=O)c2ccccc2)CC[C@H]1O[Si](c1ccccc1)(c1ccccc1)C(C)(C)C. The Labute approximate surface area is 316 Å². The van der Waals surface area contributed by atoms with Crippen LogP contribution in [0.1, 0.15) is 85.0 Å². The van der Waals surface area contributed by atoms with E-state index in [1.54, 1.807) is 24.3 Å². The summed E-state index contributed by atoms with van der Waals surface area (Å²) >= 11 is 0. The molecule has 52 heavy (non-hydrogen) atoms. The summed E-state index contributed by atoms with van der Waals surface area (Å²) in [5.74, 6) is -0.486. The predicted molar refractivity (Wildman–Crippen MR) is 218 cm³/mol. The van der Waals surface area contributed by atoms with E-state index in [4.69, 9.17) is 18.3 Å². The van der Waals surface area contributed by atoms with Crippen LogP contribution < -0.4 is 10.4 Å². The molecule has 0 heterocycles. The third-order valence-electron chi connectivity index (χ3n) is 11.5. The number of aliphatic hydroxyl groups excluding tert-OH is 1. The molecule has 0 spiro atoms. The average Bonchev–Trinajstić information content (AvgIpc) is 3.11. The molecule has 3 aromatic rings. The summed E-state index contributed by atoms with van der Waals surface area (Å²) < 4.78 is 26.5. The number of carbonyl (C=O) groups excluding carboxylic acids is 1. The maximum Gasteiger partial charge on any atom is 0.338 e. The van der Waals surface area contributed by atoms with Crippen LogP contribution in [0.4, 0.5) is 0 Å². The van der Waals surface area contributed by atoms with Crippen molar-refractivity contribution in [2.75, 3.05) is 13.7 Å². The van der Waals surface area contributed by atoms with E-state index in [1.165, 1.54) is 10.4 Å². The lowest BCUT2D eigenvalue weighted by atomic mass is 9.82. The highest BCUT2D eigenvalue weighted by Gasteiger charge is 2.53. The van der Waals surface area contributed by atoms with Crippen LogP contribution in [-0.4, -0.2) is 65.8 Å². The molecule has 8 heteroatoms. The fourth-order valence-electron chi connectivity index (χ4n) is 7.33. The Kier molecular flexibility index (Phi) is 14.1. The number of rotatable bonds is 14. The van der Waals surface area contributed by atoms with Gasteiger partial charge in [0.25, 0.3) is 8.32 Å². The molecule has 0 unspecified atom stereocenters. The molecule has 1 aliphatic carbocycles. The molecule has 6 atom stereocenters. The van der Waals surface area contributed by atoms with Crippen molar-refractivity contribution in [2.45, 2.75) is 122 Å². The minimum Gasteiger partial charge on any atom is -0.459 e. The quantitative estimate of drug-likeness (QED) is 0.101. The largest absolute Gasteiger partial charge is 0.459 e. The van der Waals surface area contributed by atoms with Crippen LogP contribution in [0.5, 0.6) is 0 Å². The lowest BCUT2D eigenvalue weighted by Crippen LogP contribution is -2.68. The first-order valence-corrected chi connectivity index (χ1v) is 23.8. The van der Waals surface area contributed by atoms with Crippen molar-refractivity contribution >= 4 is 33.0 Å². The number of ether oxygens (including phenoxy) is 2. The van der Waals surface area contributed by atoms with Crippen molar-refractivity contribution in [2.24, 2.45) is 11.8 Å². The van der Waals surface area contributed by atoms with E-state index >= 15 is 0 Å². The lowest BCUT2D eigenvalue weighted by Gasteiger charge is -2.48. The van der Waals surface area contributed by atoms with Crippen LogP contribution >= 0.6 is 0 Å². The number of allylic oxidation sites excluding steroid dienone is 1. The average molecular weight is 745 g/mol. The Bertz CT molecular complexity index is 1540. The molecule has 1 saturated carbocycles. The van der Waals surface area contributed by atoms with Gasteiger partial charge in [-0.25, -0.2) is 4.79 Å². The highest BCUT2D eigenvalue weighted by molar-refractivity contribution is 6.99. The summed E-state index contributed by atoms with van der Waals surface area (Å²) in [6, 6.07) is 30.5. The van der Waals surface area contributed by atoms with Crippen molar-refractivity contribution in [1.82, 2.24) is 0 Å². The molecular formula is C44H64O6Si2. The number of esters is 1. The Balaban J connectivity index is 1.58. The standard InChI is InChI=1S/C44H64O6Si2/c1-32(41(50-51(10,11)43(3,4)5)33(2)38(45)31-48-42(46)35-21-15-12-16-22-35)29-34-27-28-39(40(30-34)47-9)49-52(44(6,7)8,36-23-17-13-18-24-36)37-25-19-14-20-26-37/h12-26,29,33-34,38-41,45H,27-28,30-31H2,1-11H3/b32-29+/t33-,34+,38-,39-,40-,41-/m1/s1. The number of hydrogen-bond acceptors (Lipinski definition) is 6. The Morgan fingerprint density at radius 3 is 1.83 bits per heavy atom. The molecule has 284 valence electrons. The van der Waals surface area contributed by atoms with Crippen LogP contribution in [0.2, 0.25) is 23.2 Å². The summed E-state index contributed by atoms with van der Waals surface area (Å²) in [7, 11) is -3.18. The van der Waals surface area contributed by atoms with Gasteiger partial charge in [-0.2, -0.15) is 0 Å². The maximum absolute atomic E-state index is 12.7. The zero-order valence-corrected chi connectivity index (χ0v) is 35.5. The van der Waals surface area contributed by atoms with Crippen LogP contribution in [0.25, 0.3) is 0 Å². The highest BCUT2D eigenvalue weighted by atomic mass is 28.4. The second-order valence-corrected chi connectivity index (χ2v) is 26.3. The van der Waals surface area contributed by atoms with E-state index in [0.717, 1.165) is 24.8 Å².